The van der Waals surface area contributed by atoms with E-state index in [1.54, 1.807) is 24.3 Å². The van der Waals surface area contributed by atoms with Crippen molar-refractivity contribution < 1.29 is 13.2 Å². The molecular weight excluding hydrogens is 428 g/mol. The van der Waals surface area contributed by atoms with Crippen LogP contribution in [0, 0.1) is 5.92 Å². The normalized spacial score (nSPS) is 18.2. The maximum atomic E-state index is 12.8. The lowest BCUT2D eigenvalue weighted by Crippen LogP contribution is -2.45. The number of halogens is 1. The summed E-state index contributed by atoms with van der Waals surface area (Å²) in [7, 11) is -3.58. The molecule has 144 valence electrons. The van der Waals surface area contributed by atoms with E-state index >= 15 is 0 Å². The summed E-state index contributed by atoms with van der Waals surface area (Å²) >= 11 is 3.32. The molecule has 1 atom stereocenters. The number of carbonyl (C=O) groups excluding carboxylic acids is 1. The maximum Gasteiger partial charge on any atom is 0.243 e. The van der Waals surface area contributed by atoms with Gasteiger partial charge >= 0.3 is 0 Å². The molecule has 27 heavy (non-hydrogen) atoms. The Labute approximate surface area is 169 Å². The molecule has 1 N–H and O–H groups in total. The average molecular weight is 451 g/mol. The minimum absolute atomic E-state index is 0.0679. The largest absolute Gasteiger partial charge is 0.355 e. The van der Waals surface area contributed by atoms with E-state index in [1.807, 2.05) is 30.3 Å². The smallest absolute Gasteiger partial charge is 0.243 e. The van der Waals surface area contributed by atoms with Crippen LogP contribution in [-0.4, -0.2) is 38.3 Å². The molecule has 1 fully saturated rings. The molecule has 0 saturated carbocycles. The van der Waals surface area contributed by atoms with Gasteiger partial charge in [-0.3, -0.25) is 4.79 Å². The standard InChI is InChI=1S/C20H23BrN2O3S/c21-18-8-10-19(11-9-18)27(25,26)23-14-4-7-17(15-23)20(24)22-13-12-16-5-2-1-3-6-16/h1-3,5-6,8-11,17H,4,7,12-15H2,(H,22,24)/t17-/m0/s1. The van der Waals surface area contributed by atoms with Gasteiger partial charge in [-0.25, -0.2) is 8.42 Å². The Hall–Kier alpha value is -1.70. The van der Waals surface area contributed by atoms with Gasteiger partial charge in [0.05, 0.1) is 10.8 Å². The average Bonchev–Trinajstić information content (AvgIpc) is 2.69. The summed E-state index contributed by atoms with van der Waals surface area (Å²) < 4.78 is 28.0. The first-order chi connectivity index (χ1) is 13.0. The predicted octanol–water partition coefficient (Wildman–Crippen LogP) is 3.21. The zero-order valence-corrected chi connectivity index (χ0v) is 17.4. The van der Waals surface area contributed by atoms with E-state index in [0.29, 0.717) is 25.9 Å². The summed E-state index contributed by atoms with van der Waals surface area (Å²) in [6, 6.07) is 16.6. The highest BCUT2D eigenvalue weighted by Crippen LogP contribution is 2.25. The summed E-state index contributed by atoms with van der Waals surface area (Å²) in [4.78, 5) is 12.8. The monoisotopic (exact) mass is 450 g/mol. The highest BCUT2D eigenvalue weighted by molar-refractivity contribution is 9.10. The van der Waals surface area contributed by atoms with E-state index in [9.17, 15) is 13.2 Å². The van der Waals surface area contributed by atoms with Gasteiger partial charge in [0.2, 0.25) is 15.9 Å². The lowest BCUT2D eigenvalue weighted by atomic mass is 9.99. The minimum Gasteiger partial charge on any atom is -0.355 e. The van der Waals surface area contributed by atoms with Crippen molar-refractivity contribution in [3.8, 4) is 0 Å². The zero-order chi connectivity index (χ0) is 19.3. The van der Waals surface area contributed by atoms with Crippen LogP contribution in [0.15, 0.2) is 64.0 Å². The van der Waals surface area contributed by atoms with E-state index in [4.69, 9.17) is 0 Å². The number of carbonyl (C=O) groups is 1. The van der Waals surface area contributed by atoms with E-state index in [2.05, 4.69) is 21.2 Å². The lowest BCUT2D eigenvalue weighted by Gasteiger charge is -2.31. The van der Waals surface area contributed by atoms with Crippen molar-refractivity contribution in [2.75, 3.05) is 19.6 Å². The predicted molar refractivity (Wildman–Crippen MR) is 109 cm³/mol. The van der Waals surface area contributed by atoms with Crippen molar-refractivity contribution in [2.24, 2.45) is 5.92 Å². The number of sulfonamides is 1. The second-order valence-corrected chi connectivity index (χ2v) is 9.54. The number of rotatable bonds is 6. The van der Waals surface area contributed by atoms with Crippen LogP contribution in [0.4, 0.5) is 0 Å². The van der Waals surface area contributed by atoms with Gasteiger partial charge in [0.15, 0.2) is 0 Å². The lowest BCUT2D eigenvalue weighted by molar-refractivity contribution is -0.126. The molecule has 1 aliphatic rings. The molecule has 0 aliphatic carbocycles. The molecule has 0 unspecified atom stereocenters. The number of hydrogen-bond acceptors (Lipinski definition) is 3. The van der Waals surface area contributed by atoms with E-state index in [-0.39, 0.29) is 23.3 Å². The molecule has 0 bridgehead atoms. The molecule has 2 aromatic carbocycles. The number of nitrogens with one attached hydrogen (secondary N) is 1. The van der Waals surface area contributed by atoms with Gasteiger partial charge in [0.25, 0.3) is 0 Å². The fraction of sp³-hybridized carbons (Fsp3) is 0.350. The van der Waals surface area contributed by atoms with E-state index in [1.165, 1.54) is 9.87 Å². The first-order valence-electron chi connectivity index (χ1n) is 9.04. The van der Waals surface area contributed by atoms with Crippen LogP contribution >= 0.6 is 15.9 Å². The summed E-state index contributed by atoms with van der Waals surface area (Å²) in [5, 5.41) is 2.95. The first kappa shape index (κ1) is 20.0. The number of amides is 1. The maximum absolute atomic E-state index is 12.8. The second-order valence-electron chi connectivity index (χ2n) is 6.68. The zero-order valence-electron chi connectivity index (χ0n) is 15.0. The summed E-state index contributed by atoms with van der Waals surface area (Å²) in [5.74, 6) is -0.374. The fourth-order valence-electron chi connectivity index (χ4n) is 3.25. The van der Waals surface area contributed by atoms with E-state index in [0.717, 1.165) is 10.9 Å². The number of hydrogen-bond donors (Lipinski definition) is 1. The summed E-state index contributed by atoms with van der Waals surface area (Å²) in [6.45, 7) is 1.24. The molecule has 1 amide bonds. The topological polar surface area (TPSA) is 66.5 Å². The van der Waals surface area contributed by atoms with Crippen LogP contribution < -0.4 is 5.32 Å². The van der Waals surface area contributed by atoms with Crippen molar-refractivity contribution in [1.82, 2.24) is 9.62 Å². The van der Waals surface area contributed by atoms with Crippen LogP contribution in [0.5, 0.6) is 0 Å². The summed E-state index contributed by atoms with van der Waals surface area (Å²) in [6.07, 6.45) is 2.16. The van der Waals surface area contributed by atoms with Gasteiger partial charge in [0, 0.05) is 24.1 Å². The van der Waals surface area contributed by atoms with Gasteiger partial charge in [0.1, 0.15) is 0 Å². The Balaban J connectivity index is 1.58. The third-order valence-electron chi connectivity index (χ3n) is 4.76. The number of piperidine rings is 1. The van der Waals surface area contributed by atoms with Crippen molar-refractivity contribution in [1.29, 1.82) is 0 Å². The molecule has 1 aliphatic heterocycles. The molecule has 0 radical (unpaired) electrons. The molecular formula is C20H23BrN2O3S. The van der Waals surface area contributed by atoms with Crippen LogP contribution in [0.1, 0.15) is 18.4 Å². The molecule has 0 spiro atoms. The third-order valence-corrected chi connectivity index (χ3v) is 7.17. The molecule has 5 nitrogen and oxygen atoms in total. The summed E-state index contributed by atoms with van der Waals surface area (Å²) in [5.41, 5.74) is 1.17. The van der Waals surface area contributed by atoms with E-state index < -0.39 is 10.0 Å². The van der Waals surface area contributed by atoms with Gasteiger partial charge in [-0.1, -0.05) is 46.3 Å². The molecule has 1 saturated heterocycles. The van der Waals surface area contributed by atoms with Crippen LogP contribution in [-0.2, 0) is 21.2 Å². The van der Waals surface area contributed by atoms with Crippen molar-refractivity contribution in [2.45, 2.75) is 24.2 Å². The molecule has 0 aromatic heterocycles. The number of benzene rings is 2. The Morgan fingerprint density at radius 2 is 1.81 bits per heavy atom. The third kappa shape index (κ3) is 5.18. The van der Waals surface area contributed by atoms with Crippen LogP contribution in [0.2, 0.25) is 0 Å². The van der Waals surface area contributed by atoms with Gasteiger partial charge in [-0.15, -0.1) is 0 Å². The minimum atomic E-state index is -3.58. The van der Waals surface area contributed by atoms with Gasteiger partial charge in [-0.2, -0.15) is 4.31 Å². The Morgan fingerprint density at radius 1 is 1.11 bits per heavy atom. The highest BCUT2D eigenvalue weighted by atomic mass is 79.9. The van der Waals surface area contributed by atoms with Crippen LogP contribution in [0.25, 0.3) is 0 Å². The SMILES string of the molecule is O=C(NCCc1ccccc1)[C@H]1CCCN(S(=O)(=O)c2ccc(Br)cc2)C1. The van der Waals surface area contributed by atoms with Crippen molar-refractivity contribution in [3.05, 3.63) is 64.6 Å². The first-order valence-corrected chi connectivity index (χ1v) is 11.3. The van der Waals surface area contributed by atoms with Gasteiger partial charge in [-0.05, 0) is 49.1 Å². The van der Waals surface area contributed by atoms with Crippen molar-refractivity contribution in [3.63, 3.8) is 0 Å². The molecule has 1 heterocycles. The quantitative estimate of drug-likeness (QED) is 0.734. The Morgan fingerprint density at radius 3 is 2.52 bits per heavy atom. The van der Waals surface area contributed by atoms with Crippen LogP contribution in [0.3, 0.4) is 0 Å². The molecule has 2 aromatic rings. The Bertz CT molecular complexity index is 870. The highest BCUT2D eigenvalue weighted by Gasteiger charge is 2.33. The van der Waals surface area contributed by atoms with Gasteiger partial charge < -0.3 is 5.32 Å². The second kappa shape index (κ2) is 8.99. The van der Waals surface area contributed by atoms with Crippen molar-refractivity contribution >= 4 is 31.9 Å². The molecule has 3 rings (SSSR count). The fourth-order valence-corrected chi connectivity index (χ4v) is 5.04. The Kier molecular flexibility index (Phi) is 6.68. The number of nitrogens with zero attached hydrogens (tertiary/aromatic N) is 1. The molecule has 7 heteroatoms.